The average molecular weight is 360 g/mol. The number of carbonyl (C=O) groups excluding carboxylic acids is 2. The van der Waals surface area contributed by atoms with Gasteiger partial charge >= 0.3 is 0 Å². The van der Waals surface area contributed by atoms with Crippen LogP contribution in [0.2, 0.25) is 0 Å². The lowest BCUT2D eigenvalue weighted by Crippen LogP contribution is -2.44. The largest absolute Gasteiger partial charge is 0.355 e. The third kappa shape index (κ3) is 3.62. The van der Waals surface area contributed by atoms with Crippen LogP contribution in [-0.2, 0) is 15.0 Å². The van der Waals surface area contributed by atoms with E-state index < -0.39 is 0 Å². The van der Waals surface area contributed by atoms with Gasteiger partial charge in [-0.3, -0.25) is 9.59 Å². The summed E-state index contributed by atoms with van der Waals surface area (Å²) in [5.41, 5.74) is 0.107. The van der Waals surface area contributed by atoms with Crippen molar-refractivity contribution in [2.75, 3.05) is 13.1 Å². The van der Waals surface area contributed by atoms with Crippen molar-refractivity contribution in [3.63, 3.8) is 0 Å². The van der Waals surface area contributed by atoms with Gasteiger partial charge in [-0.05, 0) is 45.2 Å². The summed E-state index contributed by atoms with van der Waals surface area (Å²) in [4.78, 5) is 26.7. The first-order chi connectivity index (χ1) is 12.2. The van der Waals surface area contributed by atoms with E-state index in [4.69, 9.17) is 0 Å². The van der Waals surface area contributed by atoms with Gasteiger partial charge in [0.2, 0.25) is 11.8 Å². The van der Waals surface area contributed by atoms with Gasteiger partial charge < -0.3 is 10.2 Å². The number of amides is 2. The van der Waals surface area contributed by atoms with Gasteiger partial charge in [-0.15, -0.1) is 0 Å². The summed E-state index contributed by atoms with van der Waals surface area (Å²) >= 11 is 0. The quantitative estimate of drug-likeness (QED) is 0.895. The standard InChI is InChI=1S/C21H29FN2O2/c1-20(2,3)24-13-15(12-18(24)25)19(26)23-14-21(10-6-7-11-21)16-8-4-5-9-17(16)22/h4-5,8-9,15H,6-7,10-14H2,1-3H3,(H,23,26)/t15-/m0/s1. The van der Waals surface area contributed by atoms with E-state index >= 15 is 0 Å². The topological polar surface area (TPSA) is 49.4 Å². The van der Waals surface area contributed by atoms with Crippen LogP contribution in [0.15, 0.2) is 24.3 Å². The summed E-state index contributed by atoms with van der Waals surface area (Å²) < 4.78 is 14.4. The third-order valence-corrected chi connectivity index (χ3v) is 5.91. The molecular formula is C21H29FN2O2. The van der Waals surface area contributed by atoms with Gasteiger partial charge in [0.25, 0.3) is 0 Å². The summed E-state index contributed by atoms with van der Waals surface area (Å²) in [6.07, 6.45) is 4.11. The molecular weight excluding hydrogens is 331 g/mol. The molecule has 2 fully saturated rings. The monoisotopic (exact) mass is 360 g/mol. The summed E-state index contributed by atoms with van der Waals surface area (Å²) in [6, 6.07) is 6.89. The Morgan fingerprint density at radius 2 is 1.92 bits per heavy atom. The zero-order chi connectivity index (χ0) is 18.9. The molecule has 5 heteroatoms. The minimum Gasteiger partial charge on any atom is -0.355 e. The third-order valence-electron chi connectivity index (χ3n) is 5.91. The van der Waals surface area contributed by atoms with Crippen molar-refractivity contribution >= 4 is 11.8 Å². The zero-order valence-corrected chi connectivity index (χ0v) is 16.0. The van der Waals surface area contributed by atoms with Gasteiger partial charge in [0, 0.05) is 30.5 Å². The summed E-state index contributed by atoms with van der Waals surface area (Å²) in [6.45, 7) is 6.85. The molecule has 1 saturated heterocycles. The Labute approximate surface area is 155 Å². The van der Waals surface area contributed by atoms with Crippen LogP contribution in [-0.4, -0.2) is 35.3 Å². The molecule has 3 rings (SSSR count). The van der Waals surface area contributed by atoms with Crippen LogP contribution in [0.25, 0.3) is 0 Å². The maximum Gasteiger partial charge on any atom is 0.225 e. The van der Waals surface area contributed by atoms with Crippen molar-refractivity contribution in [3.05, 3.63) is 35.6 Å². The Balaban J connectivity index is 1.68. The van der Waals surface area contributed by atoms with Crippen molar-refractivity contribution in [1.82, 2.24) is 10.2 Å². The number of hydrogen-bond acceptors (Lipinski definition) is 2. The summed E-state index contributed by atoms with van der Waals surface area (Å²) in [5, 5.41) is 3.04. The number of rotatable bonds is 4. The molecule has 0 spiro atoms. The first kappa shape index (κ1) is 18.9. The fourth-order valence-electron chi connectivity index (χ4n) is 4.42. The van der Waals surface area contributed by atoms with Crippen LogP contribution in [0.4, 0.5) is 4.39 Å². The van der Waals surface area contributed by atoms with Crippen LogP contribution >= 0.6 is 0 Å². The minimum atomic E-state index is -0.326. The molecule has 0 unspecified atom stereocenters. The maximum atomic E-state index is 14.4. The predicted octanol–water partition coefficient (Wildman–Crippen LogP) is 3.40. The van der Waals surface area contributed by atoms with Gasteiger partial charge in [0.15, 0.2) is 0 Å². The van der Waals surface area contributed by atoms with E-state index in [1.165, 1.54) is 6.07 Å². The Morgan fingerprint density at radius 3 is 2.50 bits per heavy atom. The van der Waals surface area contributed by atoms with E-state index in [1.807, 2.05) is 32.9 Å². The first-order valence-corrected chi connectivity index (χ1v) is 9.56. The van der Waals surface area contributed by atoms with E-state index in [0.717, 1.165) is 25.7 Å². The highest BCUT2D eigenvalue weighted by Crippen LogP contribution is 2.41. The summed E-state index contributed by atoms with van der Waals surface area (Å²) in [7, 11) is 0. The second kappa shape index (κ2) is 7.01. The molecule has 4 nitrogen and oxygen atoms in total. The zero-order valence-electron chi connectivity index (χ0n) is 16.0. The van der Waals surface area contributed by atoms with Crippen LogP contribution < -0.4 is 5.32 Å². The molecule has 0 aromatic heterocycles. The van der Waals surface area contributed by atoms with Crippen molar-refractivity contribution in [1.29, 1.82) is 0 Å². The normalized spacial score (nSPS) is 22.7. The number of halogens is 1. The van der Waals surface area contributed by atoms with Gasteiger partial charge in [0.1, 0.15) is 5.82 Å². The number of benzene rings is 1. The number of nitrogens with zero attached hydrogens (tertiary/aromatic N) is 1. The Morgan fingerprint density at radius 1 is 1.27 bits per heavy atom. The lowest BCUT2D eigenvalue weighted by Gasteiger charge is -2.32. The van der Waals surface area contributed by atoms with Gasteiger partial charge in [-0.2, -0.15) is 0 Å². The predicted molar refractivity (Wildman–Crippen MR) is 99.1 cm³/mol. The van der Waals surface area contributed by atoms with Crippen LogP contribution in [0.5, 0.6) is 0 Å². The number of hydrogen-bond donors (Lipinski definition) is 1. The highest BCUT2D eigenvalue weighted by atomic mass is 19.1. The van der Waals surface area contributed by atoms with Crippen molar-refractivity contribution in [2.24, 2.45) is 5.92 Å². The van der Waals surface area contributed by atoms with Gasteiger partial charge in [-0.25, -0.2) is 4.39 Å². The summed E-state index contributed by atoms with van der Waals surface area (Å²) in [5.74, 6) is -0.575. The molecule has 1 aliphatic carbocycles. The lowest BCUT2D eigenvalue weighted by atomic mass is 9.78. The molecule has 1 heterocycles. The lowest BCUT2D eigenvalue weighted by molar-refractivity contribution is -0.132. The molecule has 2 amide bonds. The van der Waals surface area contributed by atoms with E-state index in [2.05, 4.69) is 5.32 Å². The Hall–Kier alpha value is -1.91. The molecule has 1 aliphatic heterocycles. The van der Waals surface area contributed by atoms with E-state index in [1.54, 1.807) is 11.0 Å². The van der Waals surface area contributed by atoms with Crippen LogP contribution in [0, 0.1) is 11.7 Å². The van der Waals surface area contributed by atoms with Gasteiger partial charge in [0.05, 0.1) is 5.92 Å². The molecule has 1 N–H and O–H groups in total. The fraction of sp³-hybridized carbons (Fsp3) is 0.619. The second-order valence-corrected chi connectivity index (χ2v) is 8.76. The van der Waals surface area contributed by atoms with Crippen LogP contribution in [0.1, 0.15) is 58.4 Å². The number of nitrogens with one attached hydrogen (secondary N) is 1. The van der Waals surface area contributed by atoms with Crippen molar-refractivity contribution < 1.29 is 14.0 Å². The minimum absolute atomic E-state index is 0.0299. The maximum absolute atomic E-state index is 14.4. The average Bonchev–Trinajstić information content (AvgIpc) is 3.20. The molecule has 1 aromatic carbocycles. The fourth-order valence-corrected chi connectivity index (χ4v) is 4.42. The molecule has 0 radical (unpaired) electrons. The van der Waals surface area contributed by atoms with E-state index in [-0.39, 0.29) is 40.9 Å². The molecule has 1 atom stereocenters. The molecule has 142 valence electrons. The van der Waals surface area contributed by atoms with Gasteiger partial charge in [-0.1, -0.05) is 31.0 Å². The molecule has 26 heavy (non-hydrogen) atoms. The molecule has 1 saturated carbocycles. The second-order valence-electron chi connectivity index (χ2n) is 8.76. The van der Waals surface area contributed by atoms with E-state index in [9.17, 15) is 14.0 Å². The number of carbonyl (C=O) groups is 2. The SMILES string of the molecule is CC(C)(C)N1C[C@@H](C(=O)NCC2(c3ccccc3F)CCCC2)CC1=O. The Kier molecular flexibility index (Phi) is 5.09. The molecule has 2 aliphatic rings. The highest BCUT2D eigenvalue weighted by Gasteiger charge is 2.41. The van der Waals surface area contributed by atoms with Crippen molar-refractivity contribution in [2.45, 2.75) is 63.8 Å². The first-order valence-electron chi connectivity index (χ1n) is 9.56. The smallest absolute Gasteiger partial charge is 0.225 e. The Bertz CT molecular complexity index is 689. The van der Waals surface area contributed by atoms with Crippen molar-refractivity contribution in [3.8, 4) is 0 Å². The molecule has 1 aromatic rings. The van der Waals surface area contributed by atoms with Crippen LogP contribution in [0.3, 0.4) is 0 Å². The molecule has 0 bridgehead atoms. The van der Waals surface area contributed by atoms with E-state index in [0.29, 0.717) is 18.7 Å². The number of likely N-dealkylation sites (tertiary alicyclic amines) is 1. The highest BCUT2D eigenvalue weighted by molar-refractivity contribution is 5.89.